The third-order valence-corrected chi connectivity index (χ3v) is 5.76. The largest absolute Gasteiger partial charge is 0.497 e. The molecule has 0 fully saturated rings. The van der Waals surface area contributed by atoms with Crippen molar-refractivity contribution in [1.82, 2.24) is 20.2 Å². The van der Waals surface area contributed by atoms with Crippen molar-refractivity contribution in [2.24, 2.45) is 0 Å². The molecule has 0 radical (unpaired) electrons. The fourth-order valence-electron chi connectivity index (χ4n) is 2.80. The molecule has 0 amide bonds. The first-order valence-electron chi connectivity index (χ1n) is 8.42. The molecule has 0 saturated carbocycles. The van der Waals surface area contributed by atoms with Crippen LogP contribution in [0.15, 0.2) is 23.2 Å². The van der Waals surface area contributed by atoms with Crippen molar-refractivity contribution in [1.29, 1.82) is 0 Å². The molecule has 0 saturated heterocycles. The van der Waals surface area contributed by atoms with Crippen LogP contribution in [0.3, 0.4) is 0 Å². The van der Waals surface area contributed by atoms with Gasteiger partial charge in [-0.3, -0.25) is 5.10 Å². The lowest BCUT2D eigenvalue weighted by atomic mass is 10.1. The summed E-state index contributed by atoms with van der Waals surface area (Å²) in [6.45, 7) is 5.56. The number of ether oxygens (including phenoxy) is 1. The second kappa shape index (κ2) is 7.12. The number of benzene rings is 1. The van der Waals surface area contributed by atoms with Crippen LogP contribution in [0, 0.1) is 20.8 Å². The Bertz CT molecular complexity index is 1150. The van der Waals surface area contributed by atoms with E-state index in [4.69, 9.17) is 10.5 Å². The summed E-state index contributed by atoms with van der Waals surface area (Å²) in [4.78, 5) is 8.77. The van der Waals surface area contributed by atoms with Gasteiger partial charge >= 0.3 is 0 Å². The Morgan fingerprint density at radius 1 is 1.18 bits per heavy atom. The Morgan fingerprint density at radius 2 is 1.89 bits per heavy atom. The van der Waals surface area contributed by atoms with Crippen LogP contribution in [0.2, 0.25) is 0 Å². The van der Waals surface area contributed by atoms with Gasteiger partial charge in [0.05, 0.1) is 17.6 Å². The molecule has 3 aromatic rings. The van der Waals surface area contributed by atoms with Crippen molar-refractivity contribution in [2.75, 3.05) is 24.4 Å². The monoisotopic (exact) mass is 402 g/mol. The van der Waals surface area contributed by atoms with Gasteiger partial charge in [-0.1, -0.05) is 0 Å². The summed E-state index contributed by atoms with van der Waals surface area (Å²) in [6.07, 6.45) is 2.73. The number of methoxy groups -OCH3 is 1. The molecule has 0 bridgehead atoms. The SMILES string of the molecule is COc1cc(Nc2ncc(-c3n[nH]c(C)c3C)c(N)n2)c(C)c(S(C)(=O)=O)c1. The van der Waals surface area contributed by atoms with Crippen molar-refractivity contribution >= 4 is 27.3 Å². The first-order chi connectivity index (χ1) is 13.1. The maximum absolute atomic E-state index is 12.1. The van der Waals surface area contributed by atoms with Crippen molar-refractivity contribution in [3.63, 3.8) is 0 Å². The second-order valence-corrected chi connectivity index (χ2v) is 8.49. The fourth-order valence-corrected chi connectivity index (χ4v) is 3.80. The number of nitrogens with zero attached hydrogens (tertiary/aromatic N) is 3. The quantitative estimate of drug-likeness (QED) is 0.592. The van der Waals surface area contributed by atoms with Gasteiger partial charge in [0, 0.05) is 29.9 Å². The van der Waals surface area contributed by atoms with Gasteiger partial charge in [-0.15, -0.1) is 0 Å². The predicted molar refractivity (Wildman–Crippen MR) is 108 cm³/mol. The molecule has 0 aliphatic heterocycles. The molecule has 0 aliphatic carbocycles. The van der Waals surface area contributed by atoms with Crippen LogP contribution < -0.4 is 15.8 Å². The number of aromatic nitrogens is 4. The Morgan fingerprint density at radius 3 is 2.43 bits per heavy atom. The lowest BCUT2D eigenvalue weighted by Crippen LogP contribution is -2.07. The van der Waals surface area contributed by atoms with Gasteiger partial charge < -0.3 is 15.8 Å². The molecule has 2 aromatic heterocycles. The number of anilines is 3. The fraction of sp³-hybridized carbons (Fsp3) is 0.278. The van der Waals surface area contributed by atoms with Crippen LogP contribution in [0.4, 0.5) is 17.5 Å². The lowest BCUT2D eigenvalue weighted by Gasteiger charge is -2.14. The summed E-state index contributed by atoms with van der Waals surface area (Å²) < 4.78 is 29.4. The minimum Gasteiger partial charge on any atom is -0.497 e. The number of hydrogen-bond acceptors (Lipinski definition) is 8. The van der Waals surface area contributed by atoms with E-state index in [1.807, 2.05) is 13.8 Å². The van der Waals surface area contributed by atoms with Gasteiger partial charge in [-0.2, -0.15) is 10.1 Å². The number of aryl methyl sites for hydroxylation is 1. The topological polar surface area (TPSA) is 136 Å². The number of sulfone groups is 1. The molecule has 28 heavy (non-hydrogen) atoms. The Hall–Kier alpha value is -3.14. The van der Waals surface area contributed by atoms with Crippen LogP contribution in [0.1, 0.15) is 16.8 Å². The maximum atomic E-state index is 12.1. The van der Waals surface area contributed by atoms with Gasteiger partial charge in [0.1, 0.15) is 17.3 Å². The summed E-state index contributed by atoms with van der Waals surface area (Å²) in [7, 11) is -1.96. The summed E-state index contributed by atoms with van der Waals surface area (Å²) in [6, 6.07) is 3.16. The number of nitrogen functional groups attached to an aromatic ring is 1. The minimum atomic E-state index is -3.43. The normalized spacial score (nSPS) is 11.5. The van der Waals surface area contributed by atoms with E-state index in [2.05, 4.69) is 25.5 Å². The van der Waals surface area contributed by atoms with E-state index in [0.29, 0.717) is 28.3 Å². The molecule has 1 aromatic carbocycles. The molecular weight excluding hydrogens is 380 g/mol. The summed E-state index contributed by atoms with van der Waals surface area (Å²) in [5.41, 5.74) is 10.4. The zero-order valence-electron chi connectivity index (χ0n) is 16.3. The van der Waals surface area contributed by atoms with E-state index in [9.17, 15) is 8.42 Å². The average molecular weight is 402 g/mol. The number of aromatic amines is 1. The summed E-state index contributed by atoms with van der Waals surface area (Å²) in [5, 5.41) is 10.2. The summed E-state index contributed by atoms with van der Waals surface area (Å²) in [5.74, 6) is 0.902. The van der Waals surface area contributed by atoms with Gasteiger partial charge in [0.2, 0.25) is 5.95 Å². The van der Waals surface area contributed by atoms with Crippen molar-refractivity contribution in [2.45, 2.75) is 25.7 Å². The molecule has 4 N–H and O–H groups in total. The maximum Gasteiger partial charge on any atom is 0.229 e. The molecule has 9 nitrogen and oxygen atoms in total. The van der Waals surface area contributed by atoms with Crippen molar-refractivity contribution in [3.05, 3.63) is 35.2 Å². The van der Waals surface area contributed by atoms with Gasteiger partial charge in [0.25, 0.3) is 0 Å². The Balaban J connectivity index is 2.01. The highest BCUT2D eigenvalue weighted by atomic mass is 32.2. The number of H-pyrrole nitrogens is 1. The molecule has 0 atom stereocenters. The van der Waals surface area contributed by atoms with Crippen LogP contribution in [-0.4, -0.2) is 41.9 Å². The van der Waals surface area contributed by atoms with Crippen molar-refractivity contribution in [3.8, 4) is 17.0 Å². The molecule has 0 spiro atoms. The Kier molecular flexibility index (Phi) is 4.99. The van der Waals surface area contributed by atoms with E-state index in [1.54, 1.807) is 19.2 Å². The van der Waals surface area contributed by atoms with E-state index in [1.165, 1.54) is 13.2 Å². The van der Waals surface area contributed by atoms with Crippen molar-refractivity contribution < 1.29 is 13.2 Å². The van der Waals surface area contributed by atoms with E-state index in [-0.39, 0.29) is 16.7 Å². The highest BCUT2D eigenvalue weighted by molar-refractivity contribution is 7.90. The van der Waals surface area contributed by atoms with E-state index < -0.39 is 9.84 Å². The number of nitrogens with one attached hydrogen (secondary N) is 2. The molecule has 10 heteroatoms. The first kappa shape index (κ1) is 19.6. The standard InChI is InChI=1S/C18H22N6O3S/c1-9-11(3)23-24-16(9)13-8-20-18(22-17(13)19)21-14-6-12(27-4)7-15(10(14)2)28(5,25)26/h6-8H,1-5H3,(H,23,24)(H3,19,20,21,22). The third-order valence-electron chi connectivity index (χ3n) is 4.54. The van der Waals surface area contributed by atoms with Gasteiger partial charge in [-0.05, 0) is 38.0 Å². The summed E-state index contributed by atoms with van der Waals surface area (Å²) >= 11 is 0. The molecule has 3 rings (SSSR count). The van der Waals surface area contributed by atoms with Crippen LogP contribution >= 0.6 is 0 Å². The molecule has 0 aliphatic rings. The molecule has 2 heterocycles. The zero-order valence-corrected chi connectivity index (χ0v) is 17.1. The molecular formula is C18H22N6O3S. The highest BCUT2D eigenvalue weighted by Gasteiger charge is 2.18. The number of hydrogen-bond donors (Lipinski definition) is 3. The lowest BCUT2D eigenvalue weighted by molar-refractivity contribution is 0.413. The first-order valence-corrected chi connectivity index (χ1v) is 10.3. The van der Waals surface area contributed by atoms with Crippen LogP contribution in [0.25, 0.3) is 11.3 Å². The number of rotatable bonds is 5. The number of nitrogens with two attached hydrogens (primary N) is 1. The van der Waals surface area contributed by atoms with Crippen LogP contribution in [0.5, 0.6) is 5.75 Å². The van der Waals surface area contributed by atoms with Crippen LogP contribution in [-0.2, 0) is 9.84 Å². The highest BCUT2D eigenvalue weighted by Crippen LogP contribution is 2.32. The minimum absolute atomic E-state index is 0.168. The predicted octanol–water partition coefficient (Wildman–Crippen LogP) is 2.53. The van der Waals surface area contributed by atoms with E-state index >= 15 is 0 Å². The molecule has 148 valence electrons. The smallest absolute Gasteiger partial charge is 0.229 e. The zero-order chi connectivity index (χ0) is 20.6. The second-order valence-electron chi connectivity index (χ2n) is 6.51. The Labute approximate surface area is 163 Å². The third kappa shape index (κ3) is 3.63. The molecule has 0 unspecified atom stereocenters. The van der Waals surface area contributed by atoms with Gasteiger partial charge in [-0.25, -0.2) is 13.4 Å². The van der Waals surface area contributed by atoms with Gasteiger partial charge in [0.15, 0.2) is 9.84 Å². The average Bonchev–Trinajstić information content (AvgIpc) is 2.95. The van der Waals surface area contributed by atoms with E-state index in [0.717, 1.165) is 17.5 Å².